The van der Waals surface area contributed by atoms with E-state index in [0.29, 0.717) is 25.5 Å². The Morgan fingerprint density at radius 2 is 2.10 bits per heavy atom. The molecule has 0 N–H and O–H groups in total. The van der Waals surface area contributed by atoms with Crippen LogP contribution in [0, 0.1) is 6.92 Å². The van der Waals surface area contributed by atoms with E-state index in [-0.39, 0.29) is 5.91 Å². The summed E-state index contributed by atoms with van der Waals surface area (Å²) in [5.74, 6) is 0.813. The Bertz CT molecular complexity index is 876. The van der Waals surface area contributed by atoms with E-state index in [1.54, 1.807) is 6.20 Å². The van der Waals surface area contributed by atoms with Crippen molar-refractivity contribution in [3.8, 4) is 5.88 Å². The zero-order valence-electron chi connectivity index (χ0n) is 18.0. The van der Waals surface area contributed by atoms with Gasteiger partial charge in [-0.1, -0.05) is 0 Å². The predicted molar refractivity (Wildman–Crippen MR) is 112 cm³/mol. The summed E-state index contributed by atoms with van der Waals surface area (Å²) in [5.41, 5.74) is 4.37. The highest BCUT2D eigenvalue weighted by Gasteiger charge is 2.27. The molecule has 0 atom stereocenters. The fourth-order valence-electron chi connectivity index (χ4n) is 4.12. The molecule has 0 spiro atoms. The molecule has 0 saturated carbocycles. The van der Waals surface area contributed by atoms with Gasteiger partial charge in [0.1, 0.15) is 12.3 Å². The van der Waals surface area contributed by atoms with Crippen LogP contribution in [0.25, 0.3) is 0 Å². The third kappa shape index (κ3) is 4.82. The van der Waals surface area contributed by atoms with E-state index in [0.717, 1.165) is 69.2 Å². The molecule has 0 aromatic carbocycles. The van der Waals surface area contributed by atoms with Crippen molar-refractivity contribution in [2.75, 3.05) is 39.4 Å². The highest BCUT2D eigenvalue weighted by atomic mass is 16.5. The fraction of sp³-hybridized carbons (Fsp3) is 0.591. The van der Waals surface area contributed by atoms with Gasteiger partial charge in [0.05, 0.1) is 13.2 Å². The largest absolute Gasteiger partial charge is 0.471 e. The second-order valence-corrected chi connectivity index (χ2v) is 7.92. The summed E-state index contributed by atoms with van der Waals surface area (Å²) in [6.07, 6.45) is 3.14. The van der Waals surface area contributed by atoms with E-state index in [1.807, 2.05) is 28.6 Å². The topological polar surface area (TPSA) is 72.7 Å². The smallest absolute Gasteiger partial charge is 0.224 e. The summed E-state index contributed by atoms with van der Waals surface area (Å²) >= 11 is 0. The lowest BCUT2D eigenvalue weighted by atomic mass is 10.0. The van der Waals surface area contributed by atoms with Crippen molar-refractivity contribution >= 4 is 5.91 Å². The first-order valence-electron chi connectivity index (χ1n) is 10.8. The summed E-state index contributed by atoms with van der Waals surface area (Å²) in [4.78, 5) is 21.4. The van der Waals surface area contributed by atoms with Gasteiger partial charge >= 0.3 is 0 Å². The number of morpholine rings is 1. The maximum atomic E-state index is 12.9. The lowest BCUT2D eigenvalue weighted by molar-refractivity contribution is -0.132. The number of rotatable bonds is 7. The molecule has 162 valence electrons. The number of nitrogens with zero attached hydrogens (tertiary/aromatic N) is 5. The van der Waals surface area contributed by atoms with Crippen molar-refractivity contribution in [1.82, 2.24) is 24.6 Å². The number of carbonyl (C=O) groups is 1. The van der Waals surface area contributed by atoms with E-state index in [4.69, 9.17) is 14.6 Å². The second-order valence-electron chi connectivity index (χ2n) is 7.92. The van der Waals surface area contributed by atoms with E-state index >= 15 is 0 Å². The average Bonchev–Trinajstić information content (AvgIpc) is 3.14. The van der Waals surface area contributed by atoms with Gasteiger partial charge in [0.15, 0.2) is 0 Å². The lowest BCUT2D eigenvalue weighted by Gasteiger charge is -2.30. The van der Waals surface area contributed by atoms with Gasteiger partial charge in [-0.3, -0.25) is 14.4 Å². The fourth-order valence-corrected chi connectivity index (χ4v) is 4.12. The number of aromatic nitrogens is 3. The van der Waals surface area contributed by atoms with Crippen LogP contribution >= 0.6 is 0 Å². The second kappa shape index (κ2) is 9.57. The highest BCUT2D eigenvalue weighted by molar-refractivity contribution is 5.76. The van der Waals surface area contributed by atoms with Gasteiger partial charge in [-0.15, -0.1) is 0 Å². The molecule has 30 heavy (non-hydrogen) atoms. The predicted octanol–water partition coefficient (Wildman–Crippen LogP) is 1.79. The van der Waals surface area contributed by atoms with Crippen LogP contribution in [0.4, 0.5) is 0 Å². The molecule has 1 saturated heterocycles. The molecule has 1 amide bonds. The van der Waals surface area contributed by atoms with Crippen LogP contribution in [-0.4, -0.2) is 69.9 Å². The number of hydrogen-bond donors (Lipinski definition) is 0. The zero-order chi connectivity index (χ0) is 20.9. The quantitative estimate of drug-likeness (QED) is 0.689. The molecule has 2 aromatic heterocycles. The molecular formula is C22H31N5O3. The van der Waals surface area contributed by atoms with Gasteiger partial charge in [0, 0.05) is 75.6 Å². The van der Waals surface area contributed by atoms with Gasteiger partial charge in [0.25, 0.3) is 0 Å². The Morgan fingerprint density at radius 1 is 1.27 bits per heavy atom. The molecule has 8 nitrogen and oxygen atoms in total. The first kappa shape index (κ1) is 20.8. The minimum Gasteiger partial charge on any atom is -0.471 e. The van der Waals surface area contributed by atoms with Crippen molar-refractivity contribution < 1.29 is 14.3 Å². The summed E-state index contributed by atoms with van der Waals surface area (Å²) < 4.78 is 13.3. The number of amides is 1. The maximum Gasteiger partial charge on any atom is 0.224 e. The maximum absolute atomic E-state index is 12.9. The normalized spacial score (nSPS) is 17.1. The summed E-state index contributed by atoms with van der Waals surface area (Å²) in [6, 6.07) is 3.87. The Morgan fingerprint density at radius 3 is 2.87 bits per heavy atom. The monoisotopic (exact) mass is 413 g/mol. The Hall–Kier alpha value is -2.45. The summed E-state index contributed by atoms with van der Waals surface area (Å²) in [6.45, 7) is 10.8. The number of carbonyl (C=O) groups excluding carboxylic acids is 1. The molecule has 8 heteroatoms. The van der Waals surface area contributed by atoms with Gasteiger partial charge in [0.2, 0.25) is 11.8 Å². The molecule has 2 aromatic rings. The van der Waals surface area contributed by atoms with Crippen LogP contribution in [-0.2, 0) is 35.6 Å². The number of aryl methyl sites for hydroxylation is 2. The van der Waals surface area contributed by atoms with Crippen LogP contribution in [0.2, 0.25) is 0 Å². The summed E-state index contributed by atoms with van der Waals surface area (Å²) in [7, 11) is 0. The molecule has 4 heterocycles. The van der Waals surface area contributed by atoms with Gasteiger partial charge in [-0.25, -0.2) is 4.98 Å². The van der Waals surface area contributed by atoms with Crippen LogP contribution in [0.3, 0.4) is 0 Å². The Labute approximate surface area is 177 Å². The van der Waals surface area contributed by atoms with Crippen molar-refractivity contribution in [3.63, 3.8) is 0 Å². The van der Waals surface area contributed by atoms with E-state index in [1.165, 1.54) is 5.69 Å². The van der Waals surface area contributed by atoms with Crippen molar-refractivity contribution in [1.29, 1.82) is 0 Å². The van der Waals surface area contributed by atoms with Crippen LogP contribution in [0.1, 0.15) is 35.9 Å². The van der Waals surface area contributed by atoms with E-state index < -0.39 is 0 Å². The summed E-state index contributed by atoms with van der Waals surface area (Å²) in [5, 5.41) is 4.76. The molecule has 0 radical (unpaired) electrons. The highest BCUT2D eigenvalue weighted by Crippen LogP contribution is 2.24. The third-order valence-corrected chi connectivity index (χ3v) is 5.86. The molecular weight excluding hydrogens is 382 g/mol. The van der Waals surface area contributed by atoms with Crippen LogP contribution in [0.5, 0.6) is 5.88 Å². The number of hydrogen-bond acceptors (Lipinski definition) is 6. The first-order chi connectivity index (χ1) is 14.6. The molecule has 0 aliphatic carbocycles. The van der Waals surface area contributed by atoms with Gasteiger partial charge in [-0.2, -0.15) is 5.10 Å². The zero-order valence-corrected chi connectivity index (χ0v) is 18.0. The van der Waals surface area contributed by atoms with Crippen molar-refractivity contribution in [2.45, 2.75) is 46.4 Å². The van der Waals surface area contributed by atoms with Crippen LogP contribution in [0.15, 0.2) is 18.3 Å². The number of pyridine rings is 1. The first-order valence-corrected chi connectivity index (χ1v) is 10.8. The van der Waals surface area contributed by atoms with Crippen molar-refractivity contribution in [2.24, 2.45) is 0 Å². The number of fused-ring (bicyclic) bond motifs is 1. The van der Waals surface area contributed by atoms with Gasteiger partial charge < -0.3 is 14.4 Å². The Kier molecular flexibility index (Phi) is 6.64. The Balaban J connectivity index is 1.40. The SMILES string of the molecule is CCn1nc(COc2cc(C)ccn2)c2c1CCN(C(=O)CCN1CCOCC1)C2. The molecule has 2 aliphatic heterocycles. The average molecular weight is 414 g/mol. The minimum absolute atomic E-state index is 0.212. The molecule has 4 rings (SSSR count). The van der Waals surface area contributed by atoms with E-state index in [2.05, 4.69) is 16.8 Å². The van der Waals surface area contributed by atoms with E-state index in [9.17, 15) is 4.79 Å². The number of ether oxygens (including phenoxy) is 2. The van der Waals surface area contributed by atoms with Gasteiger partial charge in [-0.05, 0) is 25.5 Å². The minimum atomic E-state index is 0.212. The van der Waals surface area contributed by atoms with Crippen molar-refractivity contribution in [3.05, 3.63) is 40.8 Å². The molecule has 1 fully saturated rings. The molecule has 0 unspecified atom stereocenters. The third-order valence-electron chi connectivity index (χ3n) is 5.86. The standard InChI is InChI=1S/C22H31N5O3/c1-3-27-20-5-9-26(22(28)6-8-25-10-12-29-13-11-25)15-18(20)19(24-27)16-30-21-14-17(2)4-7-23-21/h4,7,14H,3,5-6,8-13,15-16H2,1-2H3. The molecule has 2 aliphatic rings. The molecule has 0 bridgehead atoms. The van der Waals surface area contributed by atoms with Crippen LogP contribution < -0.4 is 4.74 Å². The lowest BCUT2D eigenvalue weighted by Crippen LogP contribution is -2.41.